The summed E-state index contributed by atoms with van der Waals surface area (Å²) in [7, 11) is -1.79. The maximum absolute atomic E-state index is 12.5. The molecule has 0 aliphatic carbocycles. The summed E-state index contributed by atoms with van der Waals surface area (Å²) < 4.78 is 30.7. The molecular formula is C15H18N2O4S2. The zero-order valence-corrected chi connectivity index (χ0v) is 14.6. The topological polar surface area (TPSA) is 66.9 Å². The number of rotatable bonds is 3. The minimum atomic E-state index is -3.30. The first-order chi connectivity index (χ1) is 10.9. The molecule has 1 amide bonds. The average Bonchev–Trinajstić information content (AvgIpc) is 2.96. The second-order valence-electron chi connectivity index (χ2n) is 5.47. The van der Waals surface area contributed by atoms with Gasteiger partial charge in [0.05, 0.1) is 30.0 Å². The van der Waals surface area contributed by atoms with Crippen molar-refractivity contribution in [2.45, 2.75) is 0 Å². The van der Waals surface area contributed by atoms with Gasteiger partial charge in [0, 0.05) is 24.8 Å². The van der Waals surface area contributed by atoms with E-state index in [1.807, 2.05) is 12.1 Å². The third-order valence-electron chi connectivity index (χ3n) is 3.87. The highest BCUT2D eigenvalue weighted by atomic mass is 32.2. The van der Waals surface area contributed by atoms with Crippen molar-refractivity contribution in [3.8, 4) is 0 Å². The molecule has 2 heterocycles. The zero-order chi connectivity index (χ0) is 16.6. The van der Waals surface area contributed by atoms with Crippen LogP contribution in [0.3, 0.4) is 0 Å². The minimum Gasteiger partial charge on any atom is -0.378 e. The Morgan fingerprint density at radius 2 is 1.96 bits per heavy atom. The summed E-state index contributed by atoms with van der Waals surface area (Å²) in [5, 5.41) is 0.875. The summed E-state index contributed by atoms with van der Waals surface area (Å²) in [6.07, 6.45) is 1.16. The molecular weight excluding hydrogens is 336 g/mol. The molecule has 23 heavy (non-hydrogen) atoms. The van der Waals surface area contributed by atoms with Gasteiger partial charge >= 0.3 is 0 Å². The van der Waals surface area contributed by atoms with Gasteiger partial charge in [-0.2, -0.15) is 0 Å². The van der Waals surface area contributed by atoms with E-state index in [2.05, 4.69) is 0 Å². The van der Waals surface area contributed by atoms with Gasteiger partial charge in [-0.05, 0) is 29.7 Å². The standard InChI is InChI=1S/C15H18N2O4S2/c1-16(23(2,19)20)12-3-4-13-11(9-12)10-14(22-13)15(18)17-5-7-21-8-6-17/h3-4,9-10H,5-8H2,1-2H3. The van der Waals surface area contributed by atoms with Crippen LogP contribution in [0.25, 0.3) is 10.1 Å². The monoisotopic (exact) mass is 354 g/mol. The van der Waals surface area contributed by atoms with Crippen molar-refractivity contribution in [3.63, 3.8) is 0 Å². The quantitative estimate of drug-likeness (QED) is 0.842. The number of nitrogens with zero attached hydrogens (tertiary/aromatic N) is 2. The summed E-state index contributed by atoms with van der Waals surface area (Å²) in [6, 6.07) is 7.23. The van der Waals surface area contributed by atoms with Gasteiger partial charge in [0.1, 0.15) is 0 Å². The van der Waals surface area contributed by atoms with Crippen LogP contribution in [0.2, 0.25) is 0 Å². The van der Waals surface area contributed by atoms with Crippen LogP contribution in [0.1, 0.15) is 9.67 Å². The SMILES string of the molecule is CN(c1ccc2sc(C(=O)N3CCOCC3)cc2c1)S(C)(=O)=O. The van der Waals surface area contributed by atoms with Crippen LogP contribution in [-0.2, 0) is 14.8 Å². The number of amides is 1. The Hall–Kier alpha value is -1.64. The first kappa shape index (κ1) is 16.2. The lowest BCUT2D eigenvalue weighted by molar-refractivity contribution is 0.0306. The second-order valence-corrected chi connectivity index (χ2v) is 8.57. The van der Waals surface area contributed by atoms with E-state index >= 15 is 0 Å². The molecule has 1 aliphatic rings. The third-order valence-corrected chi connectivity index (χ3v) is 6.18. The van der Waals surface area contributed by atoms with Crippen molar-refractivity contribution < 1.29 is 17.9 Å². The minimum absolute atomic E-state index is 0.00696. The number of carbonyl (C=O) groups excluding carboxylic acids is 1. The molecule has 8 heteroatoms. The molecule has 2 aromatic rings. The van der Waals surface area contributed by atoms with Crippen LogP contribution >= 0.6 is 11.3 Å². The number of hydrogen-bond donors (Lipinski definition) is 0. The van der Waals surface area contributed by atoms with Crippen molar-refractivity contribution in [1.29, 1.82) is 0 Å². The Labute approximate surface area is 139 Å². The number of morpholine rings is 1. The Kier molecular flexibility index (Phi) is 4.31. The van der Waals surface area contributed by atoms with Crippen molar-refractivity contribution in [2.75, 3.05) is 43.9 Å². The Balaban J connectivity index is 1.91. The van der Waals surface area contributed by atoms with Gasteiger partial charge in [-0.15, -0.1) is 11.3 Å². The van der Waals surface area contributed by atoms with E-state index in [0.717, 1.165) is 16.3 Å². The molecule has 0 saturated carbocycles. The van der Waals surface area contributed by atoms with E-state index in [1.165, 1.54) is 22.7 Å². The second kappa shape index (κ2) is 6.10. The fraction of sp³-hybridized carbons (Fsp3) is 0.400. The molecule has 0 spiro atoms. The maximum Gasteiger partial charge on any atom is 0.264 e. The highest BCUT2D eigenvalue weighted by molar-refractivity contribution is 7.92. The van der Waals surface area contributed by atoms with Gasteiger partial charge in [0.2, 0.25) is 10.0 Å². The first-order valence-corrected chi connectivity index (χ1v) is 9.87. The predicted octanol–water partition coefficient (Wildman–Crippen LogP) is 1.77. The van der Waals surface area contributed by atoms with Crippen LogP contribution in [0.4, 0.5) is 5.69 Å². The van der Waals surface area contributed by atoms with E-state index in [-0.39, 0.29) is 5.91 Å². The highest BCUT2D eigenvalue weighted by Crippen LogP contribution is 2.30. The molecule has 0 N–H and O–H groups in total. The van der Waals surface area contributed by atoms with E-state index in [4.69, 9.17) is 4.74 Å². The van der Waals surface area contributed by atoms with Gasteiger partial charge in [-0.1, -0.05) is 0 Å². The third kappa shape index (κ3) is 3.34. The number of thiophene rings is 1. The maximum atomic E-state index is 12.5. The van der Waals surface area contributed by atoms with Gasteiger partial charge in [-0.3, -0.25) is 9.10 Å². The number of hydrogen-bond acceptors (Lipinski definition) is 5. The molecule has 0 bridgehead atoms. The number of ether oxygens (including phenoxy) is 1. The molecule has 0 unspecified atom stereocenters. The lowest BCUT2D eigenvalue weighted by Crippen LogP contribution is -2.40. The summed E-state index contributed by atoms with van der Waals surface area (Å²) >= 11 is 1.43. The number of fused-ring (bicyclic) bond motifs is 1. The van der Waals surface area contributed by atoms with Crippen LogP contribution in [0.5, 0.6) is 0 Å². The van der Waals surface area contributed by atoms with Crippen molar-refractivity contribution >= 4 is 43.0 Å². The van der Waals surface area contributed by atoms with Crippen LogP contribution in [-0.4, -0.2) is 58.8 Å². The average molecular weight is 354 g/mol. The fourth-order valence-corrected chi connectivity index (χ4v) is 3.95. The lowest BCUT2D eigenvalue weighted by atomic mass is 10.2. The first-order valence-electron chi connectivity index (χ1n) is 7.21. The van der Waals surface area contributed by atoms with Crippen LogP contribution in [0, 0.1) is 0 Å². The molecule has 1 aromatic carbocycles. The smallest absolute Gasteiger partial charge is 0.264 e. The molecule has 0 radical (unpaired) electrons. The Bertz CT molecular complexity index is 838. The number of anilines is 1. The Morgan fingerprint density at radius 1 is 1.26 bits per heavy atom. The van der Waals surface area contributed by atoms with E-state index in [1.54, 1.807) is 17.0 Å². The molecule has 1 saturated heterocycles. The molecule has 0 atom stereocenters. The van der Waals surface area contributed by atoms with Crippen LogP contribution < -0.4 is 4.31 Å². The lowest BCUT2D eigenvalue weighted by Gasteiger charge is -2.26. The van der Waals surface area contributed by atoms with Gasteiger partial charge in [0.25, 0.3) is 5.91 Å². The van der Waals surface area contributed by atoms with E-state index in [0.29, 0.717) is 36.9 Å². The number of sulfonamides is 1. The fourth-order valence-electron chi connectivity index (χ4n) is 2.45. The summed E-state index contributed by atoms with van der Waals surface area (Å²) in [5.74, 6) is 0.00696. The normalized spacial score (nSPS) is 15.8. The van der Waals surface area contributed by atoms with Gasteiger partial charge < -0.3 is 9.64 Å². The molecule has 124 valence electrons. The highest BCUT2D eigenvalue weighted by Gasteiger charge is 2.21. The van der Waals surface area contributed by atoms with E-state index in [9.17, 15) is 13.2 Å². The summed E-state index contributed by atoms with van der Waals surface area (Å²) in [4.78, 5) is 15.0. The molecule has 3 rings (SSSR count). The summed E-state index contributed by atoms with van der Waals surface area (Å²) in [6.45, 7) is 2.35. The number of benzene rings is 1. The molecule has 6 nitrogen and oxygen atoms in total. The van der Waals surface area contributed by atoms with Gasteiger partial charge in [0.15, 0.2) is 0 Å². The Morgan fingerprint density at radius 3 is 2.61 bits per heavy atom. The molecule has 1 aliphatic heterocycles. The predicted molar refractivity (Wildman–Crippen MR) is 91.8 cm³/mol. The van der Waals surface area contributed by atoms with Crippen molar-refractivity contribution in [1.82, 2.24) is 4.90 Å². The largest absolute Gasteiger partial charge is 0.378 e. The summed E-state index contributed by atoms with van der Waals surface area (Å²) in [5.41, 5.74) is 0.586. The van der Waals surface area contributed by atoms with Crippen molar-refractivity contribution in [3.05, 3.63) is 29.1 Å². The molecule has 1 fully saturated rings. The van der Waals surface area contributed by atoms with Crippen molar-refractivity contribution in [2.24, 2.45) is 0 Å². The number of carbonyl (C=O) groups is 1. The van der Waals surface area contributed by atoms with Gasteiger partial charge in [-0.25, -0.2) is 8.42 Å². The van der Waals surface area contributed by atoms with E-state index < -0.39 is 10.0 Å². The molecule has 1 aromatic heterocycles. The van der Waals surface area contributed by atoms with Crippen LogP contribution in [0.15, 0.2) is 24.3 Å². The zero-order valence-electron chi connectivity index (χ0n) is 13.0.